The number of fused-ring (bicyclic) bond motifs is 4. The molecule has 5 heteroatoms. The number of piperidine rings is 3. The maximum Gasteiger partial charge on any atom is 0.287 e. The lowest BCUT2D eigenvalue weighted by atomic mass is 9.79. The molecule has 5 heterocycles. The summed E-state index contributed by atoms with van der Waals surface area (Å²) in [5.41, 5.74) is 4.29. The van der Waals surface area contributed by atoms with E-state index in [1.807, 2.05) is 30.3 Å². The van der Waals surface area contributed by atoms with Crippen LogP contribution in [0.3, 0.4) is 0 Å². The third-order valence-corrected chi connectivity index (χ3v) is 7.32. The van der Waals surface area contributed by atoms with Gasteiger partial charge in [-0.25, -0.2) is 0 Å². The van der Waals surface area contributed by atoms with Crippen molar-refractivity contribution >= 4 is 16.8 Å². The zero-order chi connectivity index (χ0) is 21.7. The Morgan fingerprint density at radius 2 is 1.75 bits per heavy atom. The van der Waals surface area contributed by atoms with Gasteiger partial charge in [0, 0.05) is 34.2 Å². The first-order valence-electron chi connectivity index (χ1n) is 11.5. The van der Waals surface area contributed by atoms with E-state index in [2.05, 4.69) is 52.5 Å². The molecule has 3 fully saturated rings. The molecule has 32 heavy (non-hydrogen) atoms. The van der Waals surface area contributed by atoms with Gasteiger partial charge in [0.2, 0.25) is 0 Å². The minimum absolute atomic E-state index is 0.114. The highest BCUT2D eigenvalue weighted by Crippen LogP contribution is 2.33. The van der Waals surface area contributed by atoms with Crippen LogP contribution >= 0.6 is 0 Å². The third-order valence-electron chi connectivity index (χ3n) is 7.32. The molecule has 4 aromatic rings. The number of H-pyrrole nitrogens is 1. The standard InChI is InChI=1S/C27H27N3O2/c1-17-26(20-12-14-30(17)15-13-20)29-27(31)25-11-10-24(32-25)19-8-6-18(7-9-19)23-16-21-4-2-3-5-22(21)28-23/h2-11,16-17,20,26,28H,12-15H2,1H3,(H,29,31). The molecule has 3 aliphatic heterocycles. The van der Waals surface area contributed by atoms with Crippen molar-refractivity contribution in [3.05, 3.63) is 72.5 Å². The molecule has 2 aromatic heterocycles. The molecule has 2 bridgehead atoms. The van der Waals surface area contributed by atoms with Crippen molar-refractivity contribution in [2.24, 2.45) is 5.92 Å². The van der Waals surface area contributed by atoms with Gasteiger partial charge in [0.05, 0.1) is 0 Å². The first kappa shape index (κ1) is 19.4. The Balaban J connectivity index is 1.18. The van der Waals surface area contributed by atoms with Crippen LogP contribution in [-0.2, 0) is 0 Å². The van der Waals surface area contributed by atoms with E-state index in [4.69, 9.17) is 4.42 Å². The monoisotopic (exact) mass is 425 g/mol. The summed E-state index contributed by atoms with van der Waals surface area (Å²) in [6, 6.07) is 22.9. The number of benzene rings is 2. The minimum Gasteiger partial charge on any atom is -0.451 e. The van der Waals surface area contributed by atoms with Crippen LogP contribution in [0.15, 0.2) is 71.1 Å². The van der Waals surface area contributed by atoms with Crippen LogP contribution in [0.4, 0.5) is 0 Å². The molecule has 7 rings (SSSR count). The normalized spacial score (nSPS) is 24.7. The Morgan fingerprint density at radius 1 is 1.00 bits per heavy atom. The van der Waals surface area contributed by atoms with Gasteiger partial charge in [0.25, 0.3) is 5.91 Å². The van der Waals surface area contributed by atoms with Gasteiger partial charge in [-0.05, 0) is 68.6 Å². The number of para-hydroxylation sites is 1. The van der Waals surface area contributed by atoms with Gasteiger partial charge >= 0.3 is 0 Å². The molecule has 2 unspecified atom stereocenters. The molecule has 3 aliphatic rings. The zero-order valence-corrected chi connectivity index (χ0v) is 18.2. The lowest BCUT2D eigenvalue weighted by Crippen LogP contribution is -2.62. The third kappa shape index (κ3) is 3.33. The Morgan fingerprint density at radius 3 is 2.50 bits per heavy atom. The van der Waals surface area contributed by atoms with Crippen molar-refractivity contribution in [1.29, 1.82) is 0 Å². The predicted octanol–water partition coefficient (Wildman–Crippen LogP) is 5.31. The summed E-state index contributed by atoms with van der Waals surface area (Å²) in [5.74, 6) is 1.55. The van der Waals surface area contributed by atoms with Gasteiger partial charge < -0.3 is 14.7 Å². The molecule has 3 saturated heterocycles. The maximum absolute atomic E-state index is 12.9. The van der Waals surface area contributed by atoms with E-state index in [0.29, 0.717) is 23.5 Å². The van der Waals surface area contributed by atoms with E-state index in [1.54, 1.807) is 6.07 Å². The van der Waals surface area contributed by atoms with Crippen molar-refractivity contribution in [2.75, 3.05) is 13.1 Å². The van der Waals surface area contributed by atoms with Crippen LogP contribution < -0.4 is 5.32 Å². The highest BCUT2D eigenvalue weighted by Gasteiger charge is 2.40. The molecule has 2 atom stereocenters. The highest BCUT2D eigenvalue weighted by atomic mass is 16.3. The van der Waals surface area contributed by atoms with Crippen molar-refractivity contribution in [1.82, 2.24) is 15.2 Å². The lowest BCUT2D eigenvalue weighted by Gasteiger charge is -2.49. The van der Waals surface area contributed by atoms with Crippen LogP contribution in [0, 0.1) is 5.92 Å². The van der Waals surface area contributed by atoms with Crippen LogP contribution in [-0.4, -0.2) is 41.0 Å². The van der Waals surface area contributed by atoms with Gasteiger partial charge in [-0.1, -0.05) is 42.5 Å². The van der Waals surface area contributed by atoms with Gasteiger partial charge in [0.15, 0.2) is 5.76 Å². The number of hydrogen-bond acceptors (Lipinski definition) is 3. The summed E-state index contributed by atoms with van der Waals surface area (Å²) >= 11 is 0. The fraction of sp³-hybridized carbons (Fsp3) is 0.296. The Kier molecular flexibility index (Phi) is 4.65. The molecule has 5 nitrogen and oxygen atoms in total. The number of rotatable bonds is 4. The number of furan rings is 1. The van der Waals surface area contributed by atoms with E-state index >= 15 is 0 Å². The number of hydrogen-bond donors (Lipinski definition) is 2. The number of nitrogens with zero attached hydrogens (tertiary/aromatic N) is 1. The molecule has 2 N–H and O–H groups in total. The van der Waals surface area contributed by atoms with Gasteiger partial charge in [-0.3, -0.25) is 9.69 Å². The SMILES string of the molecule is CC1C(NC(=O)c2ccc(-c3ccc(-c4cc5ccccc5[nH]4)cc3)o2)C2CCN1CC2. The van der Waals surface area contributed by atoms with Crippen molar-refractivity contribution in [3.63, 3.8) is 0 Å². The molecule has 0 saturated carbocycles. The van der Waals surface area contributed by atoms with E-state index in [-0.39, 0.29) is 11.9 Å². The van der Waals surface area contributed by atoms with Crippen LogP contribution in [0.1, 0.15) is 30.3 Å². The number of amides is 1. The van der Waals surface area contributed by atoms with Crippen molar-refractivity contribution in [2.45, 2.75) is 31.8 Å². The highest BCUT2D eigenvalue weighted by molar-refractivity contribution is 5.92. The average Bonchev–Trinajstić information content (AvgIpc) is 3.49. The average molecular weight is 426 g/mol. The summed E-state index contributed by atoms with van der Waals surface area (Å²) in [6.45, 7) is 4.52. The lowest BCUT2D eigenvalue weighted by molar-refractivity contribution is 0.0211. The van der Waals surface area contributed by atoms with Crippen molar-refractivity contribution < 1.29 is 9.21 Å². The molecule has 0 radical (unpaired) electrons. The molecule has 162 valence electrons. The van der Waals surface area contributed by atoms with Crippen LogP contribution in [0.25, 0.3) is 33.5 Å². The minimum atomic E-state index is -0.114. The molecule has 0 aliphatic carbocycles. The van der Waals surface area contributed by atoms with E-state index in [9.17, 15) is 4.79 Å². The van der Waals surface area contributed by atoms with Crippen LogP contribution in [0.2, 0.25) is 0 Å². The van der Waals surface area contributed by atoms with Crippen LogP contribution in [0.5, 0.6) is 0 Å². The second-order valence-corrected chi connectivity index (χ2v) is 9.12. The fourth-order valence-corrected chi connectivity index (χ4v) is 5.43. The Bertz CT molecular complexity index is 1230. The summed E-state index contributed by atoms with van der Waals surface area (Å²) in [4.78, 5) is 18.8. The number of aromatic amines is 1. The number of aromatic nitrogens is 1. The second-order valence-electron chi connectivity index (χ2n) is 9.12. The number of carbonyl (C=O) groups is 1. The van der Waals surface area contributed by atoms with Gasteiger partial charge in [0.1, 0.15) is 5.76 Å². The Labute approximate surface area is 187 Å². The summed E-state index contributed by atoms with van der Waals surface area (Å²) < 4.78 is 5.95. The second kappa shape index (κ2) is 7.68. The molecule has 0 spiro atoms. The smallest absolute Gasteiger partial charge is 0.287 e. The van der Waals surface area contributed by atoms with Gasteiger partial charge in [-0.15, -0.1) is 0 Å². The quantitative estimate of drug-likeness (QED) is 0.466. The maximum atomic E-state index is 12.9. The zero-order valence-electron chi connectivity index (χ0n) is 18.2. The summed E-state index contributed by atoms with van der Waals surface area (Å²) in [7, 11) is 0. The first-order chi connectivity index (χ1) is 15.7. The van der Waals surface area contributed by atoms with E-state index < -0.39 is 0 Å². The largest absolute Gasteiger partial charge is 0.451 e. The first-order valence-corrected chi connectivity index (χ1v) is 11.5. The van der Waals surface area contributed by atoms with E-state index in [0.717, 1.165) is 35.4 Å². The van der Waals surface area contributed by atoms with Gasteiger partial charge in [-0.2, -0.15) is 0 Å². The fourth-order valence-electron chi connectivity index (χ4n) is 5.43. The number of nitrogens with one attached hydrogen (secondary N) is 2. The topological polar surface area (TPSA) is 61.3 Å². The molecular formula is C27H27N3O2. The molecular weight excluding hydrogens is 398 g/mol. The summed E-state index contributed by atoms with van der Waals surface area (Å²) in [6.07, 6.45) is 2.34. The van der Waals surface area contributed by atoms with E-state index in [1.165, 1.54) is 18.2 Å². The Hall–Kier alpha value is -3.31. The van der Waals surface area contributed by atoms with Crippen molar-refractivity contribution in [3.8, 4) is 22.6 Å². The summed E-state index contributed by atoms with van der Waals surface area (Å²) in [5, 5.41) is 4.45. The molecule has 2 aromatic carbocycles. The predicted molar refractivity (Wildman–Crippen MR) is 126 cm³/mol. The number of carbonyl (C=O) groups excluding carboxylic acids is 1. The molecule has 1 amide bonds.